The Morgan fingerprint density at radius 1 is 1.48 bits per heavy atom. The summed E-state index contributed by atoms with van der Waals surface area (Å²) in [6.07, 6.45) is 1.50. The second-order valence-electron chi connectivity index (χ2n) is 4.32. The van der Waals surface area contributed by atoms with E-state index in [2.05, 4.69) is 22.5 Å². The van der Waals surface area contributed by atoms with Crippen LogP contribution in [0.3, 0.4) is 0 Å². The number of urea groups is 1. The number of carbonyl (C=O) groups is 2. The van der Waals surface area contributed by atoms with Gasteiger partial charge in [0.05, 0.1) is 11.6 Å². The van der Waals surface area contributed by atoms with Gasteiger partial charge in [-0.15, -0.1) is 6.58 Å². The zero-order chi connectivity index (χ0) is 15.8. The SMILES string of the molecule is C=CCNC(=O)NC(=O)CNC(C)c1ccc(F)c(Cl)c1. The van der Waals surface area contributed by atoms with Crippen LogP contribution in [0.1, 0.15) is 18.5 Å². The fourth-order valence-corrected chi connectivity index (χ4v) is 1.71. The minimum absolute atomic E-state index is 0.0226. The molecule has 0 aliphatic rings. The van der Waals surface area contributed by atoms with Crippen LogP contribution in [-0.4, -0.2) is 25.0 Å². The van der Waals surface area contributed by atoms with Crippen LogP contribution in [0.15, 0.2) is 30.9 Å². The van der Waals surface area contributed by atoms with Crippen molar-refractivity contribution in [3.05, 3.63) is 47.3 Å². The number of nitrogens with one attached hydrogen (secondary N) is 3. The summed E-state index contributed by atoms with van der Waals surface area (Å²) in [7, 11) is 0. The molecule has 1 atom stereocenters. The number of halogens is 2. The standard InChI is InChI=1S/C14H17ClFN3O2/c1-3-6-17-14(21)19-13(20)8-18-9(2)10-4-5-12(16)11(15)7-10/h3-5,7,9,18H,1,6,8H2,2H3,(H2,17,19,20,21). The zero-order valence-electron chi connectivity index (χ0n) is 11.6. The summed E-state index contributed by atoms with van der Waals surface area (Å²) < 4.78 is 13.1. The van der Waals surface area contributed by atoms with Crippen LogP contribution in [0.5, 0.6) is 0 Å². The maximum Gasteiger partial charge on any atom is 0.321 e. The molecule has 1 aromatic rings. The van der Waals surface area contributed by atoms with Gasteiger partial charge < -0.3 is 10.6 Å². The van der Waals surface area contributed by atoms with Gasteiger partial charge in [-0.3, -0.25) is 10.1 Å². The second-order valence-corrected chi connectivity index (χ2v) is 4.73. The molecule has 0 aliphatic carbocycles. The maximum absolute atomic E-state index is 13.1. The Balaban J connectivity index is 2.43. The van der Waals surface area contributed by atoms with Gasteiger partial charge in [0, 0.05) is 12.6 Å². The summed E-state index contributed by atoms with van der Waals surface area (Å²) >= 11 is 5.69. The van der Waals surface area contributed by atoms with E-state index in [0.29, 0.717) is 0 Å². The van der Waals surface area contributed by atoms with Gasteiger partial charge in [0.1, 0.15) is 5.82 Å². The van der Waals surface area contributed by atoms with Crippen LogP contribution in [0.25, 0.3) is 0 Å². The van der Waals surface area contributed by atoms with Crippen LogP contribution in [0.4, 0.5) is 9.18 Å². The lowest BCUT2D eigenvalue weighted by atomic mass is 10.1. The van der Waals surface area contributed by atoms with Crippen molar-refractivity contribution in [1.82, 2.24) is 16.0 Å². The first-order chi connectivity index (χ1) is 9.93. The normalized spacial score (nSPS) is 11.6. The van der Waals surface area contributed by atoms with E-state index in [9.17, 15) is 14.0 Å². The molecular formula is C14H17ClFN3O2. The van der Waals surface area contributed by atoms with Gasteiger partial charge in [-0.2, -0.15) is 0 Å². The van der Waals surface area contributed by atoms with E-state index in [0.717, 1.165) is 5.56 Å². The van der Waals surface area contributed by atoms with Gasteiger partial charge >= 0.3 is 6.03 Å². The molecule has 1 unspecified atom stereocenters. The molecule has 0 aromatic heterocycles. The Kier molecular flexibility index (Phi) is 6.84. The third-order valence-electron chi connectivity index (χ3n) is 2.67. The predicted octanol–water partition coefficient (Wildman–Crippen LogP) is 2.14. The van der Waals surface area contributed by atoms with E-state index >= 15 is 0 Å². The first-order valence-corrected chi connectivity index (χ1v) is 6.68. The summed E-state index contributed by atoms with van der Waals surface area (Å²) in [6, 6.07) is 3.53. The molecule has 21 heavy (non-hydrogen) atoms. The monoisotopic (exact) mass is 313 g/mol. The van der Waals surface area contributed by atoms with E-state index < -0.39 is 17.8 Å². The molecule has 0 saturated heterocycles. The highest BCUT2D eigenvalue weighted by Gasteiger charge is 2.11. The average Bonchev–Trinajstić information content (AvgIpc) is 2.45. The largest absolute Gasteiger partial charge is 0.334 e. The topological polar surface area (TPSA) is 70.2 Å². The molecule has 7 heteroatoms. The van der Waals surface area contributed by atoms with Gasteiger partial charge in [-0.05, 0) is 24.6 Å². The first kappa shape index (κ1) is 17.1. The molecule has 5 nitrogen and oxygen atoms in total. The Labute approximate surface area is 127 Å². The molecule has 1 rings (SSSR count). The summed E-state index contributed by atoms with van der Waals surface area (Å²) in [5.74, 6) is -0.971. The lowest BCUT2D eigenvalue weighted by Crippen LogP contribution is -2.43. The third kappa shape index (κ3) is 5.93. The molecule has 0 aliphatic heterocycles. The second kappa shape index (κ2) is 8.39. The van der Waals surface area contributed by atoms with Gasteiger partial charge in [0.15, 0.2) is 0 Å². The van der Waals surface area contributed by atoms with Crippen LogP contribution >= 0.6 is 11.6 Å². The van der Waals surface area contributed by atoms with Crippen LogP contribution in [0, 0.1) is 5.82 Å². The summed E-state index contributed by atoms with van der Waals surface area (Å²) in [4.78, 5) is 22.8. The van der Waals surface area contributed by atoms with Crippen molar-refractivity contribution in [2.24, 2.45) is 0 Å². The summed E-state index contributed by atoms with van der Waals surface area (Å²) in [5.41, 5.74) is 0.741. The molecule has 0 spiro atoms. The van der Waals surface area contributed by atoms with Crippen LogP contribution < -0.4 is 16.0 Å². The van der Waals surface area contributed by atoms with Crippen molar-refractivity contribution in [3.63, 3.8) is 0 Å². The molecule has 0 radical (unpaired) electrons. The minimum atomic E-state index is -0.584. The van der Waals surface area contributed by atoms with E-state index in [-0.39, 0.29) is 24.2 Å². The molecule has 0 saturated carbocycles. The van der Waals surface area contributed by atoms with Crippen molar-refractivity contribution in [1.29, 1.82) is 0 Å². The van der Waals surface area contributed by atoms with E-state index in [1.165, 1.54) is 18.2 Å². The van der Waals surface area contributed by atoms with Gasteiger partial charge in [0.2, 0.25) is 5.91 Å². The lowest BCUT2D eigenvalue weighted by molar-refractivity contribution is -0.119. The highest BCUT2D eigenvalue weighted by molar-refractivity contribution is 6.30. The van der Waals surface area contributed by atoms with Crippen molar-refractivity contribution >= 4 is 23.5 Å². The van der Waals surface area contributed by atoms with Gasteiger partial charge in [-0.1, -0.05) is 23.7 Å². The number of hydrogen-bond acceptors (Lipinski definition) is 3. The minimum Gasteiger partial charge on any atom is -0.334 e. The Hall–Kier alpha value is -1.92. The smallest absolute Gasteiger partial charge is 0.321 e. The highest BCUT2D eigenvalue weighted by atomic mass is 35.5. The van der Waals surface area contributed by atoms with Crippen molar-refractivity contribution in [3.8, 4) is 0 Å². The number of benzene rings is 1. The molecule has 0 heterocycles. The fourth-order valence-electron chi connectivity index (χ4n) is 1.53. The van der Waals surface area contributed by atoms with E-state index in [1.54, 1.807) is 13.0 Å². The molecule has 1 aromatic carbocycles. The zero-order valence-corrected chi connectivity index (χ0v) is 12.3. The predicted molar refractivity (Wildman–Crippen MR) is 79.6 cm³/mol. The first-order valence-electron chi connectivity index (χ1n) is 6.31. The van der Waals surface area contributed by atoms with Crippen molar-refractivity contribution < 1.29 is 14.0 Å². The van der Waals surface area contributed by atoms with Gasteiger partial charge in [0.25, 0.3) is 0 Å². The quantitative estimate of drug-likeness (QED) is 0.705. The lowest BCUT2D eigenvalue weighted by Gasteiger charge is -2.14. The molecular weight excluding hydrogens is 297 g/mol. The number of hydrogen-bond donors (Lipinski definition) is 3. The fraction of sp³-hybridized carbons (Fsp3) is 0.286. The molecule has 114 valence electrons. The Bertz CT molecular complexity index is 537. The maximum atomic E-state index is 13.1. The molecule has 0 fully saturated rings. The van der Waals surface area contributed by atoms with Crippen molar-refractivity contribution in [2.45, 2.75) is 13.0 Å². The number of imide groups is 1. The summed E-state index contributed by atoms with van der Waals surface area (Å²) in [5, 5.41) is 7.51. The van der Waals surface area contributed by atoms with E-state index in [1.807, 2.05) is 0 Å². The third-order valence-corrected chi connectivity index (χ3v) is 2.96. The number of amides is 3. The number of rotatable bonds is 6. The van der Waals surface area contributed by atoms with E-state index in [4.69, 9.17) is 11.6 Å². The average molecular weight is 314 g/mol. The summed E-state index contributed by atoms with van der Waals surface area (Å²) in [6.45, 7) is 5.46. The van der Waals surface area contributed by atoms with Gasteiger partial charge in [-0.25, -0.2) is 9.18 Å². The molecule has 3 amide bonds. The number of carbonyl (C=O) groups excluding carboxylic acids is 2. The van der Waals surface area contributed by atoms with Crippen molar-refractivity contribution in [2.75, 3.05) is 13.1 Å². The molecule has 0 bridgehead atoms. The Morgan fingerprint density at radius 3 is 2.81 bits per heavy atom. The van der Waals surface area contributed by atoms with Crippen LogP contribution in [0.2, 0.25) is 5.02 Å². The molecule has 3 N–H and O–H groups in total. The Morgan fingerprint density at radius 2 is 2.19 bits per heavy atom. The highest BCUT2D eigenvalue weighted by Crippen LogP contribution is 2.20. The van der Waals surface area contributed by atoms with Crippen LogP contribution in [-0.2, 0) is 4.79 Å².